The number of carbonyl (C=O) groups is 4. The number of hydrogen-bond acceptors (Lipinski definition) is 5. The largest absolute Gasteiger partial charge is 0.477 e. The maximum absolute atomic E-state index is 11.9. The molecule has 0 saturated carbocycles. The summed E-state index contributed by atoms with van der Waals surface area (Å²) >= 11 is 0.837. The molecular weight excluding hydrogens is 284 g/mol. The Morgan fingerprint density at radius 1 is 1.35 bits per heavy atom. The third kappa shape index (κ3) is 2.69. The Labute approximate surface area is 118 Å². The summed E-state index contributed by atoms with van der Waals surface area (Å²) in [5.74, 6) is -2.34. The third-order valence-electron chi connectivity index (χ3n) is 3.00. The van der Waals surface area contributed by atoms with Crippen LogP contribution in [0.15, 0.2) is 12.1 Å². The molecule has 0 radical (unpaired) electrons. The van der Waals surface area contributed by atoms with E-state index in [1.54, 1.807) is 0 Å². The standard InChI is InChI=1S/C12H12N2O5S/c1-14-9(15)5-2-6(11(14)17)13-10(16)7-3-4-8(20-7)12(18)19/h3-4,6H,2,5H2,1H3,(H,13,16)(H,18,19). The van der Waals surface area contributed by atoms with Gasteiger partial charge in [-0.15, -0.1) is 11.3 Å². The second kappa shape index (κ2) is 5.41. The summed E-state index contributed by atoms with van der Waals surface area (Å²) < 4.78 is 0. The molecular formula is C12H12N2O5S. The SMILES string of the molecule is CN1C(=O)CCC(NC(=O)c2ccc(C(=O)O)s2)C1=O. The average Bonchev–Trinajstić information content (AvgIpc) is 2.89. The summed E-state index contributed by atoms with van der Waals surface area (Å²) in [4.78, 5) is 47.1. The number of aromatic carboxylic acids is 1. The number of likely N-dealkylation sites (tertiary alicyclic amines) is 1. The molecule has 1 atom stereocenters. The summed E-state index contributed by atoms with van der Waals surface area (Å²) in [6.07, 6.45) is 0.447. The smallest absolute Gasteiger partial charge is 0.345 e. The van der Waals surface area contributed by atoms with Crippen molar-refractivity contribution in [1.82, 2.24) is 10.2 Å². The van der Waals surface area contributed by atoms with E-state index >= 15 is 0 Å². The number of rotatable bonds is 3. The number of thiophene rings is 1. The summed E-state index contributed by atoms with van der Waals surface area (Å²) in [6.45, 7) is 0. The average molecular weight is 296 g/mol. The zero-order valence-electron chi connectivity index (χ0n) is 10.6. The van der Waals surface area contributed by atoms with Crippen LogP contribution in [0.25, 0.3) is 0 Å². The lowest BCUT2D eigenvalue weighted by molar-refractivity contribution is -0.147. The number of amides is 3. The lowest BCUT2D eigenvalue weighted by Crippen LogP contribution is -2.52. The fraction of sp³-hybridized carbons (Fsp3) is 0.333. The topological polar surface area (TPSA) is 104 Å². The van der Waals surface area contributed by atoms with Gasteiger partial charge in [0, 0.05) is 13.5 Å². The van der Waals surface area contributed by atoms with Gasteiger partial charge in [0.15, 0.2) is 0 Å². The molecule has 1 unspecified atom stereocenters. The van der Waals surface area contributed by atoms with Gasteiger partial charge in [-0.05, 0) is 18.6 Å². The van der Waals surface area contributed by atoms with Crippen LogP contribution in [0.1, 0.15) is 32.2 Å². The van der Waals surface area contributed by atoms with Gasteiger partial charge in [0.1, 0.15) is 10.9 Å². The lowest BCUT2D eigenvalue weighted by Gasteiger charge is -2.27. The molecule has 1 aromatic heterocycles. The number of nitrogens with one attached hydrogen (secondary N) is 1. The second-order valence-corrected chi connectivity index (χ2v) is 5.41. The molecule has 106 valence electrons. The molecule has 1 aliphatic heterocycles. The van der Waals surface area contributed by atoms with E-state index in [0.717, 1.165) is 16.2 Å². The maximum Gasteiger partial charge on any atom is 0.345 e. The first-order chi connectivity index (χ1) is 9.40. The molecule has 0 bridgehead atoms. The Kier molecular flexibility index (Phi) is 3.84. The molecule has 2 heterocycles. The quantitative estimate of drug-likeness (QED) is 0.782. The Hall–Kier alpha value is -2.22. The van der Waals surface area contributed by atoms with Crippen molar-refractivity contribution in [3.63, 3.8) is 0 Å². The summed E-state index contributed by atoms with van der Waals surface area (Å²) in [5.41, 5.74) is 0. The van der Waals surface area contributed by atoms with Crippen molar-refractivity contribution in [1.29, 1.82) is 0 Å². The van der Waals surface area contributed by atoms with Crippen LogP contribution < -0.4 is 5.32 Å². The zero-order chi connectivity index (χ0) is 14.9. The highest BCUT2D eigenvalue weighted by atomic mass is 32.1. The van der Waals surface area contributed by atoms with Gasteiger partial charge < -0.3 is 10.4 Å². The minimum absolute atomic E-state index is 0.0532. The number of hydrogen-bond donors (Lipinski definition) is 2. The molecule has 20 heavy (non-hydrogen) atoms. The molecule has 0 spiro atoms. The van der Waals surface area contributed by atoms with Crippen molar-refractivity contribution in [2.45, 2.75) is 18.9 Å². The molecule has 7 nitrogen and oxygen atoms in total. The van der Waals surface area contributed by atoms with E-state index in [-0.39, 0.29) is 28.5 Å². The molecule has 0 aliphatic carbocycles. The van der Waals surface area contributed by atoms with E-state index < -0.39 is 23.8 Å². The van der Waals surface area contributed by atoms with Crippen molar-refractivity contribution < 1.29 is 24.3 Å². The highest BCUT2D eigenvalue weighted by Crippen LogP contribution is 2.18. The first kappa shape index (κ1) is 14.2. The van der Waals surface area contributed by atoms with Crippen LogP contribution in [0.4, 0.5) is 0 Å². The van der Waals surface area contributed by atoms with E-state index in [1.807, 2.05) is 0 Å². The van der Waals surface area contributed by atoms with Crippen LogP contribution in [-0.2, 0) is 9.59 Å². The fourth-order valence-electron chi connectivity index (χ4n) is 1.85. The predicted molar refractivity (Wildman–Crippen MR) is 69.5 cm³/mol. The van der Waals surface area contributed by atoms with E-state index in [9.17, 15) is 19.2 Å². The van der Waals surface area contributed by atoms with Crippen LogP contribution in [0, 0.1) is 0 Å². The Balaban J connectivity index is 2.05. The van der Waals surface area contributed by atoms with Gasteiger partial charge in [0.25, 0.3) is 11.8 Å². The number of carboxylic acids is 1. The molecule has 1 aliphatic rings. The molecule has 8 heteroatoms. The molecule has 1 fully saturated rings. The predicted octanol–water partition coefficient (Wildman–Crippen LogP) is 0.324. The van der Waals surface area contributed by atoms with Gasteiger partial charge >= 0.3 is 5.97 Å². The number of imide groups is 1. The summed E-state index contributed by atoms with van der Waals surface area (Å²) in [5, 5.41) is 11.3. The molecule has 3 amide bonds. The van der Waals surface area contributed by atoms with Crippen molar-refractivity contribution in [3.8, 4) is 0 Å². The van der Waals surface area contributed by atoms with Crippen molar-refractivity contribution in [3.05, 3.63) is 21.9 Å². The van der Waals surface area contributed by atoms with Crippen molar-refractivity contribution in [2.24, 2.45) is 0 Å². The molecule has 2 N–H and O–H groups in total. The van der Waals surface area contributed by atoms with E-state index in [4.69, 9.17) is 5.11 Å². The number of carboxylic acid groups (broad SMARTS) is 1. The fourth-order valence-corrected chi connectivity index (χ4v) is 2.60. The van der Waals surface area contributed by atoms with Gasteiger partial charge in [0.05, 0.1) is 4.88 Å². The van der Waals surface area contributed by atoms with Crippen LogP contribution >= 0.6 is 11.3 Å². The first-order valence-corrected chi connectivity index (χ1v) is 6.66. The molecule has 2 rings (SSSR count). The van der Waals surface area contributed by atoms with Crippen LogP contribution in [0.3, 0.4) is 0 Å². The van der Waals surface area contributed by atoms with E-state index in [1.165, 1.54) is 19.2 Å². The summed E-state index contributed by atoms with van der Waals surface area (Å²) in [7, 11) is 1.37. The number of carbonyl (C=O) groups excluding carboxylic acids is 3. The first-order valence-electron chi connectivity index (χ1n) is 5.84. The Morgan fingerprint density at radius 3 is 2.60 bits per heavy atom. The Morgan fingerprint density at radius 2 is 2.00 bits per heavy atom. The number of nitrogens with zero attached hydrogens (tertiary/aromatic N) is 1. The molecule has 1 aromatic rings. The van der Waals surface area contributed by atoms with Crippen LogP contribution in [-0.4, -0.2) is 46.8 Å². The number of piperidine rings is 1. The highest BCUT2D eigenvalue weighted by Gasteiger charge is 2.33. The number of likely N-dealkylation sites (N-methyl/N-ethyl adjacent to an activating group) is 1. The monoisotopic (exact) mass is 296 g/mol. The third-order valence-corrected chi connectivity index (χ3v) is 4.07. The van der Waals surface area contributed by atoms with Gasteiger partial charge in [-0.1, -0.05) is 0 Å². The minimum Gasteiger partial charge on any atom is -0.477 e. The zero-order valence-corrected chi connectivity index (χ0v) is 11.4. The summed E-state index contributed by atoms with van der Waals surface area (Å²) in [6, 6.07) is 1.98. The van der Waals surface area contributed by atoms with Crippen molar-refractivity contribution in [2.75, 3.05) is 7.05 Å². The van der Waals surface area contributed by atoms with Gasteiger partial charge in [-0.25, -0.2) is 4.79 Å². The highest BCUT2D eigenvalue weighted by molar-refractivity contribution is 7.15. The molecule has 0 aromatic carbocycles. The second-order valence-electron chi connectivity index (χ2n) is 4.32. The molecule has 1 saturated heterocycles. The van der Waals surface area contributed by atoms with Crippen molar-refractivity contribution >= 4 is 35.0 Å². The van der Waals surface area contributed by atoms with Gasteiger partial charge in [0.2, 0.25) is 5.91 Å². The van der Waals surface area contributed by atoms with E-state index in [2.05, 4.69) is 5.32 Å². The lowest BCUT2D eigenvalue weighted by atomic mass is 10.0. The Bertz CT molecular complexity index is 594. The minimum atomic E-state index is -1.10. The maximum atomic E-state index is 11.9. The van der Waals surface area contributed by atoms with Crippen LogP contribution in [0.5, 0.6) is 0 Å². The normalized spacial score (nSPS) is 19.1. The van der Waals surface area contributed by atoms with Gasteiger partial charge in [-0.2, -0.15) is 0 Å². The van der Waals surface area contributed by atoms with Crippen LogP contribution in [0.2, 0.25) is 0 Å². The van der Waals surface area contributed by atoms with Gasteiger partial charge in [-0.3, -0.25) is 19.3 Å². The van der Waals surface area contributed by atoms with E-state index in [0.29, 0.717) is 0 Å².